The molecule has 0 aliphatic heterocycles. The summed E-state index contributed by atoms with van der Waals surface area (Å²) in [5.74, 6) is -1.65. The Balaban J connectivity index is 1.92. The molecule has 248 valence electrons. The van der Waals surface area contributed by atoms with Gasteiger partial charge in [-0.3, -0.25) is 14.4 Å². The van der Waals surface area contributed by atoms with Crippen LogP contribution in [0.5, 0.6) is 0 Å². The highest BCUT2D eigenvalue weighted by Gasteiger charge is 2.33. The first-order valence-corrected chi connectivity index (χ1v) is 16.4. The minimum Gasteiger partial charge on any atom is -0.389 e. The van der Waals surface area contributed by atoms with Crippen LogP contribution in [0.15, 0.2) is 78.9 Å². The van der Waals surface area contributed by atoms with Gasteiger partial charge in [-0.15, -0.1) is 0 Å². The number of benzene rings is 3. The summed E-state index contributed by atoms with van der Waals surface area (Å²) in [6.07, 6.45) is 1.62. The summed E-state index contributed by atoms with van der Waals surface area (Å²) in [5, 5.41) is 29.5. The van der Waals surface area contributed by atoms with Gasteiger partial charge in [-0.25, -0.2) is 0 Å². The summed E-state index contributed by atoms with van der Waals surface area (Å²) in [5.41, 5.74) is 7.81. The third-order valence-electron chi connectivity index (χ3n) is 8.07. The van der Waals surface area contributed by atoms with Crippen LogP contribution in [0.1, 0.15) is 95.1 Å². The molecule has 3 aromatic rings. The number of hydrogen-bond acceptors (Lipinski definition) is 6. The van der Waals surface area contributed by atoms with Gasteiger partial charge in [-0.05, 0) is 55.0 Å². The Morgan fingerprint density at radius 1 is 0.739 bits per heavy atom. The van der Waals surface area contributed by atoms with Gasteiger partial charge < -0.3 is 31.5 Å². The van der Waals surface area contributed by atoms with Crippen molar-refractivity contribution >= 4 is 17.7 Å². The van der Waals surface area contributed by atoms with Crippen molar-refractivity contribution in [2.24, 2.45) is 5.73 Å². The molecule has 9 heteroatoms. The first-order chi connectivity index (χ1) is 22.2. The Bertz CT molecular complexity index is 1380. The van der Waals surface area contributed by atoms with E-state index in [1.54, 1.807) is 4.90 Å². The minimum atomic E-state index is -1.33. The maximum Gasteiger partial charge on any atom is 0.253 e. The lowest BCUT2D eigenvalue weighted by Crippen LogP contribution is -2.55. The third kappa shape index (κ3) is 10.8. The van der Waals surface area contributed by atoms with Gasteiger partial charge in [-0.1, -0.05) is 94.3 Å². The highest BCUT2D eigenvalue weighted by Crippen LogP contribution is 2.18. The third-order valence-corrected chi connectivity index (χ3v) is 8.07. The number of rotatable bonds is 19. The second kappa shape index (κ2) is 18.8. The van der Waals surface area contributed by atoms with Crippen molar-refractivity contribution in [1.29, 1.82) is 0 Å². The van der Waals surface area contributed by atoms with Gasteiger partial charge in [0.25, 0.3) is 11.8 Å². The fourth-order valence-corrected chi connectivity index (χ4v) is 5.58. The molecule has 0 saturated carbocycles. The maximum atomic E-state index is 13.8. The molecule has 46 heavy (non-hydrogen) atoms. The molecule has 3 amide bonds. The van der Waals surface area contributed by atoms with Gasteiger partial charge in [0.15, 0.2) is 0 Å². The summed E-state index contributed by atoms with van der Waals surface area (Å²) in [6.45, 7) is 7.61. The summed E-state index contributed by atoms with van der Waals surface area (Å²) >= 11 is 0. The van der Waals surface area contributed by atoms with Crippen LogP contribution in [0, 0.1) is 0 Å². The van der Waals surface area contributed by atoms with Crippen molar-refractivity contribution in [3.05, 3.63) is 107 Å². The maximum absolute atomic E-state index is 13.8. The normalized spacial score (nSPS) is 13.8. The highest BCUT2D eigenvalue weighted by molar-refractivity contribution is 6.04. The molecule has 9 nitrogen and oxygen atoms in total. The van der Waals surface area contributed by atoms with Crippen molar-refractivity contribution in [1.82, 2.24) is 15.5 Å². The van der Waals surface area contributed by atoms with Gasteiger partial charge in [0.2, 0.25) is 5.91 Å². The number of aliphatic hydroxyl groups excluding tert-OH is 2. The Labute approximate surface area is 273 Å². The minimum absolute atomic E-state index is 0.0360. The fraction of sp³-hybridized carbons (Fsp3) is 0.432. The quantitative estimate of drug-likeness (QED) is 0.132. The molecule has 0 fully saturated rings. The molecule has 0 radical (unpaired) electrons. The van der Waals surface area contributed by atoms with Crippen LogP contribution < -0.4 is 16.4 Å². The standard InChI is InChI=1S/C37H50N4O5/c1-4-7-18-31(39-25-27-16-12-9-13-17-27)33(42)34(43)32(21-26-14-10-8-11-15-26)40-36(45)29-22-28(35(38)44)23-30(24-29)37(46)41(19-5-2)20-6-3/h8-17,22-24,31-34,39,42-43H,4-7,18-21,25H2,1-3H3,(H2,38,44)(H,40,45)/t31-,32+,33-,34-/m1/s1. The van der Waals surface area contributed by atoms with Gasteiger partial charge in [0, 0.05) is 42.4 Å². The van der Waals surface area contributed by atoms with Crippen LogP contribution in [0.4, 0.5) is 0 Å². The van der Waals surface area contributed by atoms with E-state index in [0.29, 0.717) is 26.1 Å². The second-order valence-electron chi connectivity index (χ2n) is 11.8. The predicted octanol–water partition coefficient (Wildman–Crippen LogP) is 4.46. The lowest BCUT2D eigenvalue weighted by molar-refractivity contribution is -0.0252. The van der Waals surface area contributed by atoms with E-state index in [-0.39, 0.29) is 29.0 Å². The van der Waals surface area contributed by atoms with Gasteiger partial charge in [0.1, 0.15) is 6.10 Å². The van der Waals surface area contributed by atoms with Crippen molar-refractivity contribution in [2.45, 2.75) is 90.1 Å². The molecule has 4 atom stereocenters. The largest absolute Gasteiger partial charge is 0.389 e. The fourth-order valence-electron chi connectivity index (χ4n) is 5.58. The molecule has 6 N–H and O–H groups in total. The average Bonchev–Trinajstić information content (AvgIpc) is 3.07. The van der Waals surface area contributed by atoms with E-state index in [9.17, 15) is 24.6 Å². The van der Waals surface area contributed by atoms with Crippen molar-refractivity contribution < 1.29 is 24.6 Å². The Morgan fingerprint density at radius 3 is 1.85 bits per heavy atom. The number of primary amides is 1. The average molecular weight is 631 g/mol. The molecule has 0 unspecified atom stereocenters. The lowest BCUT2D eigenvalue weighted by atomic mass is 9.91. The molecule has 3 rings (SSSR count). The predicted molar refractivity (Wildman–Crippen MR) is 181 cm³/mol. The summed E-state index contributed by atoms with van der Waals surface area (Å²) in [7, 11) is 0. The van der Waals surface area contributed by atoms with Crippen LogP contribution >= 0.6 is 0 Å². The molecule has 0 heterocycles. The molecule has 0 saturated heterocycles. The Morgan fingerprint density at radius 2 is 1.28 bits per heavy atom. The number of hydrogen-bond donors (Lipinski definition) is 5. The van der Waals surface area contributed by atoms with E-state index in [2.05, 4.69) is 17.6 Å². The van der Waals surface area contributed by atoms with Crippen molar-refractivity contribution in [3.8, 4) is 0 Å². The van der Waals surface area contributed by atoms with Crippen molar-refractivity contribution in [2.75, 3.05) is 13.1 Å². The lowest BCUT2D eigenvalue weighted by Gasteiger charge is -2.33. The number of unbranched alkanes of at least 4 members (excludes halogenated alkanes) is 1. The number of amides is 3. The SMILES string of the molecule is CCCC[C@@H](NCc1ccccc1)[C@@H](O)[C@H](O)[C@H](Cc1ccccc1)NC(=O)c1cc(C(N)=O)cc(C(=O)N(CCC)CCC)c1. The number of carbonyl (C=O) groups is 3. The number of nitrogens with zero attached hydrogens (tertiary/aromatic N) is 1. The highest BCUT2D eigenvalue weighted by atomic mass is 16.3. The first kappa shape index (κ1) is 36.4. The molecule has 0 bridgehead atoms. The Hall–Kier alpha value is -4.05. The van der Waals surface area contributed by atoms with Gasteiger partial charge in [0.05, 0.1) is 12.1 Å². The van der Waals surface area contributed by atoms with Gasteiger partial charge in [-0.2, -0.15) is 0 Å². The van der Waals surface area contributed by atoms with E-state index in [0.717, 1.165) is 36.8 Å². The molecule has 0 spiro atoms. The van der Waals surface area contributed by atoms with Crippen LogP contribution in [0.2, 0.25) is 0 Å². The van der Waals surface area contributed by atoms with Gasteiger partial charge >= 0.3 is 0 Å². The zero-order valence-electron chi connectivity index (χ0n) is 27.3. The molecular weight excluding hydrogens is 580 g/mol. The summed E-state index contributed by atoms with van der Waals surface area (Å²) in [4.78, 5) is 41.2. The molecule has 0 aromatic heterocycles. The molecule has 0 aliphatic rings. The Kier molecular flexibility index (Phi) is 14.9. The molecule has 0 aliphatic carbocycles. The van der Waals surface area contributed by atoms with E-state index < -0.39 is 36.1 Å². The zero-order valence-corrected chi connectivity index (χ0v) is 27.3. The monoisotopic (exact) mass is 630 g/mol. The molecule has 3 aromatic carbocycles. The van der Waals surface area contributed by atoms with E-state index in [1.165, 1.54) is 18.2 Å². The number of nitrogens with one attached hydrogen (secondary N) is 2. The molecular formula is C37H50N4O5. The van der Waals surface area contributed by atoms with Crippen LogP contribution in [0.3, 0.4) is 0 Å². The summed E-state index contributed by atoms with van der Waals surface area (Å²) < 4.78 is 0. The zero-order chi connectivity index (χ0) is 33.5. The number of nitrogens with two attached hydrogens (primary N) is 1. The van der Waals surface area contributed by atoms with Crippen LogP contribution in [0.25, 0.3) is 0 Å². The van der Waals surface area contributed by atoms with Crippen molar-refractivity contribution in [3.63, 3.8) is 0 Å². The van der Waals surface area contributed by atoms with Crippen LogP contribution in [-0.2, 0) is 13.0 Å². The number of aliphatic hydroxyl groups is 2. The first-order valence-electron chi connectivity index (χ1n) is 16.4. The van der Waals surface area contributed by atoms with Crippen LogP contribution in [-0.4, -0.2) is 70.2 Å². The van der Waals surface area contributed by atoms with E-state index >= 15 is 0 Å². The topological polar surface area (TPSA) is 145 Å². The van der Waals surface area contributed by atoms with E-state index in [4.69, 9.17) is 5.73 Å². The second-order valence-corrected chi connectivity index (χ2v) is 11.8. The smallest absolute Gasteiger partial charge is 0.253 e. The van der Waals surface area contributed by atoms with E-state index in [1.807, 2.05) is 74.5 Å². The number of carbonyl (C=O) groups excluding carboxylic acids is 3. The summed E-state index contributed by atoms with van der Waals surface area (Å²) in [6, 6.07) is 22.1.